The molecule has 13 nitrogen and oxygen atoms in total. The summed E-state index contributed by atoms with van der Waals surface area (Å²) in [5.74, 6) is -0.326. The zero-order valence-corrected chi connectivity index (χ0v) is 22.6. The first-order valence-electron chi connectivity index (χ1n) is 13.2. The fourth-order valence-electron chi connectivity index (χ4n) is 4.63. The number of rotatable bonds is 12. The van der Waals surface area contributed by atoms with E-state index in [0.29, 0.717) is 38.3 Å². The van der Waals surface area contributed by atoms with Gasteiger partial charge >= 0.3 is 0 Å². The number of aromatic nitrogens is 2. The zero-order valence-electron chi connectivity index (χ0n) is 21.9. The molecule has 0 bridgehead atoms. The van der Waals surface area contributed by atoms with E-state index in [1.165, 1.54) is 0 Å². The van der Waals surface area contributed by atoms with Gasteiger partial charge in [0.05, 0.1) is 19.3 Å². The molecular weight excluding hydrogens is 516 g/mol. The number of carbonyl (C=O) groups excluding carboxylic acids is 1. The number of hydrogen-bond donors (Lipinski definition) is 7. The summed E-state index contributed by atoms with van der Waals surface area (Å²) in [6.45, 7) is 4.65. The van der Waals surface area contributed by atoms with Crippen molar-refractivity contribution in [2.75, 3.05) is 44.3 Å². The Bertz CT molecular complexity index is 918. The molecule has 1 aliphatic carbocycles. The van der Waals surface area contributed by atoms with Crippen molar-refractivity contribution in [2.45, 2.75) is 76.5 Å². The fraction of sp³-hybridized carbons (Fsp3) is 0.750. The van der Waals surface area contributed by atoms with Gasteiger partial charge in [0.2, 0.25) is 0 Å². The molecule has 214 valence electrons. The summed E-state index contributed by atoms with van der Waals surface area (Å²) in [6, 6.07) is 0. The van der Waals surface area contributed by atoms with E-state index in [9.17, 15) is 9.90 Å². The number of unbranched alkanes of at least 4 members (excludes halogenated alkanes) is 1. The predicted molar refractivity (Wildman–Crippen MR) is 144 cm³/mol. The minimum atomic E-state index is -0.675. The Morgan fingerprint density at radius 2 is 1.95 bits per heavy atom. The van der Waals surface area contributed by atoms with Crippen LogP contribution >= 0.6 is 11.6 Å². The topological polar surface area (TPSA) is 203 Å². The molecule has 0 spiro atoms. The van der Waals surface area contributed by atoms with E-state index in [1.807, 2.05) is 6.92 Å². The van der Waals surface area contributed by atoms with E-state index in [2.05, 4.69) is 25.9 Å². The van der Waals surface area contributed by atoms with Gasteiger partial charge in [-0.15, -0.1) is 0 Å². The second-order valence-electron chi connectivity index (χ2n) is 9.75. The van der Waals surface area contributed by atoms with E-state index in [4.69, 9.17) is 42.7 Å². The molecule has 38 heavy (non-hydrogen) atoms. The Morgan fingerprint density at radius 3 is 2.71 bits per heavy atom. The van der Waals surface area contributed by atoms with E-state index in [-0.39, 0.29) is 40.8 Å². The van der Waals surface area contributed by atoms with Gasteiger partial charge in [0.15, 0.2) is 34.7 Å². The summed E-state index contributed by atoms with van der Waals surface area (Å²) in [5, 5.41) is 26.3. The molecule has 2 fully saturated rings. The monoisotopic (exact) mass is 556 g/mol. The summed E-state index contributed by atoms with van der Waals surface area (Å²) in [7, 11) is 0. The van der Waals surface area contributed by atoms with Crippen LogP contribution in [0.4, 0.5) is 11.6 Å². The molecule has 1 aromatic heterocycles. The second kappa shape index (κ2) is 15.3. The third-order valence-corrected chi connectivity index (χ3v) is 7.05. The van der Waals surface area contributed by atoms with Gasteiger partial charge in [0.1, 0.15) is 12.2 Å². The predicted octanol–water partition coefficient (Wildman–Crippen LogP) is 1.01. The molecule has 2 heterocycles. The van der Waals surface area contributed by atoms with Gasteiger partial charge in [0.25, 0.3) is 5.91 Å². The standard InChI is InChI=1S/C24H41ClN8O5/c1-14-37-13-17(34)18(38-14)12-29-10-11-36-16-7-5-15(6-8-16)4-2-3-9-30-24(28)33-23(35)19-21(26)32-22(27)20(25)31-19/h14-18,29,34H,2-13H2,1H3,(H4,26,27,32)(H3,28,30,33,35)/t14-,15?,16?,17-,18+/m1/s1. The Kier molecular flexibility index (Phi) is 12.2. The van der Waals surface area contributed by atoms with Crippen LogP contribution in [0.2, 0.25) is 5.15 Å². The number of nitrogens with two attached hydrogens (primary N) is 2. The lowest BCUT2D eigenvalue weighted by Gasteiger charge is -2.32. The number of carbonyl (C=O) groups is 1. The summed E-state index contributed by atoms with van der Waals surface area (Å²) < 4.78 is 16.9. The minimum Gasteiger partial charge on any atom is -0.388 e. The van der Waals surface area contributed by atoms with Crippen molar-refractivity contribution in [2.24, 2.45) is 5.92 Å². The molecule has 1 aromatic rings. The Balaban J connectivity index is 1.18. The van der Waals surface area contributed by atoms with Gasteiger partial charge < -0.3 is 41.4 Å². The second-order valence-corrected chi connectivity index (χ2v) is 10.1. The van der Waals surface area contributed by atoms with Gasteiger partial charge in [-0.1, -0.05) is 24.4 Å². The maximum absolute atomic E-state index is 12.2. The van der Waals surface area contributed by atoms with E-state index < -0.39 is 12.0 Å². The highest BCUT2D eigenvalue weighted by atomic mass is 35.5. The first kappa shape index (κ1) is 30.3. The number of amides is 1. The van der Waals surface area contributed by atoms with Crippen LogP contribution in [0.15, 0.2) is 0 Å². The van der Waals surface area contributed by atoms with Gasteiger partial charge in [0, 0.05) is 19.6 Å². The van der Waals surface area contributed by atoms with Crippen LogP contribution in [0.1, 0.15) is 62.4 Å². The van der Waals surface area contributed by atoms with E-state index >= 15 is 0 Å². The first-order chi connectivity index (χ1) is 18.2. The summed E-state index contributed by atoms with van der Waals surface area (Å²) in [5.41, 5.74) is 11.0. The number of nitrogens with zero attached hydrogens (tertiary/aromatic N) is 2. The number of ether oxygens (including phenoxy) is 3. The maximum Gasteiger partial charge on any atom is 0.280 e. The van der Waals surface area contributed by atoms with Gasteiger partial charge in [-0.05, 0) is 44.9 Å². The quantitative estimate of drug-likeness (QED) is 0.110. The number of guanidine groups is 1. The molecule has 3 rings (SSSR count). The van der Waals surface area contributed by atoms with Crippen LogP contribution in [0, 0.1) is 11.3 Å². The Labute approximate surface area is 228 Å². The zero-order chi connectivity index (χ0) is 27.5. The summed E-state index contributed by atoms with van der Waals surface area (Å²) in [4.78, 5) is 19.8. The molecule has 3 atom stereocenters. The third kappa shape index (κ3) is 9.79. The van der Waals surface area contributed by atoms with Crippen LogP contribution in [0.3, 0.4) is 0 Å². The molecule has 0 unspecified atom stereocenters. The fourth-order valence-corrected chi connectivity index (χ4v) is 4.75. The summed E-state index contributed by atoms with van der Waals surface area (Å²) in [6.07, 6.45) is 6.68. The lowest BCUT2D eigenvalue weighted by Crippen LogP contribution is -2.48. The van der Waals surface area contributed by atoms with Crippen LogP contribution in [-0.4, -0.2) is 84.4 Å². The molecule has 2 aliphatic rings. The van der Waals surface area contributed by atoms with Crippen LogP contribution < -0.4 is 27.4 Å². The highest BCUT2D eigenvalue weighted by Crippen LogP contribution is 2.29. The molecule has 1 saturated carbocycles. The number of anilines is 2. The smallest absolute Gasteiger partial charge is 0.280 e. The normalized spacial score (nSPS) is 25.6. The lowest BCUT2D eigenvalue weighted by atomic mass is 9.84. The highest BCUT2D eigenvalue weighted by molar-refractivity contribution is 6.31. The van der Waals surface area contributed by atoms with Crippen molar-refractivity contribution in [1.82, 2.24) is 25.9 Å². The number of aliphatic hydroxyl groups excluding tert-OH is 1. The van der Waals surface area contributed by atoms with Gasteiger partial charge in [-0.3, -0.25) is 15.5 Å². The van der Waals surface area contributed by atoms with Crippen LogP contribution in [0.25, 0.3) is 0 Å². The van der Waals surface area contributed by atoms with Crippen molar-refractivity contribution in [3.8, 4) is 0 Å². The molecule has 0 radical (unpaired) electrons. The van der Waals surface area contributed by atoms with Crippen molar-refractivity contribution >= 4 is 35.1 Å². The van der Waals surface area contributed by atoms with E-state index in [0.717, 1.165) is 51.5 Å². The number of halogens is 1. The molecule has 9 N–H and O–H groups in total. The number of aliphatic hydroxyl groups is 1. The number of hydrogen-bond acceptors (Lipinski definition) is 11. The first-order valence-corrected chi connectivity index (χ1v) is 13.6. The summed E-state index contributed by atoms with van der Waals surface area (Å²) >= 11 is 5.80. The Morgan fingerprint density at radius 1 is 1.18 bits per heavy atom. The average molecular weight is 557 g/mol. The SMILES string of the molecule is C[C@@H]1OC[C@@H](O)[C@H](CNCCOC2CCC(CCCCNC(=N)NC(=O)c3nc(Cl)c(N)nc3N)CC2)O1. The van der Waals surface area contributed by atoms with Crippen molar-refractivity contribution in [3.63, 3.8) is 0 Å². The minimum absolute atomic E-state index is 0.0586. The highest BCUT2D eigenvalue weighted by Gasteiger charge is 2.28. The van der Waals surface area contributed by atoms with Crippen molar-refractivity contribution in [1.29, 1.82) is 5.41 Å². The molecule has 1 amide bonds. The Hall–Kier alpha value is -2.29. The van der Waals surface area contributed by atoms with Crippen molar-refractivity contribution in [3.05, 3.63) is 10.8 Å². The number of nitrogen functional groups attached to an aromatic ring is 2. The number of nitrogens with one attached hydrogen (secondary N) is 4. The average Bonchev–Trinajstić information content (AvgIpc) is 2.88. The molecule has 1 saturated heterocycles. The molecule has 0 aromatic carbocycles. The van der Waals surface area contributed by atoms with Crippen LogP contribution in [0.5, 0.6) is 0 Å². The molecule has 14 heteroatoms. The third-order valence-electron chi connectivity index (χ3n) is 6.77. The van der Waals surface area contributed by atoms with Gasteiger partial charge in [-0.25, -0.2) is 9.97 Å². The van der Waals surface area contributed by atoms with E-state index in [1.54, 1.807) is 0 Å². The van der Waals surface area contributed by atoms with Crippen molar-refractivity contribution < 1.29 is 24.1 Å². The van der Waals surface area contributed by atoms with Gasteiger partial charge in [-0.2, -0.15) is 0 Å². The van der Waals surface area contributed by atoms with Crippen LogP contribution in [-0.2, 0) is 14.2 Å². The molecule has 1 aliphatic heterocycles. The largest absolute Gasteiger partial charge is 0.388 e. The lowest BCUT2D eigenvalue weighted by molar-refractivity contribution is -0.242. The molecular formula is C24H41ClN8O5. The maximum atomic E-state index is 12.2.